The molecule has 0 amide bonds. The fourth-order valence-corrected chi connectivity index (χ4v) is 5.30. The summed E-state index contributed by atoms with van der Waals surface area (Å²) in [6.45, 7) is 9.00. The van der Waals surface area contributed by atoms with Crippen LogP contribution in [0.4, 0.5) is 0 Å². The zero-order valence-electron chi connectivity index (χ0n) is 18.4. The Morgan fingerprint density at radius 3 is 2.73 bits per heavy atom. The van der Waals surface area contributed by atoms with Gasteiger partial charge in [-0.3, -0.25) is 0 Å². The molecule has 1 aliphatic heterocycles. The van der Waals surface area contributed by atoms with Crippen molar-refractivity contribution in [1.82, 2.24) is 14.7 Å². The van der Waals surface area contributed by atoms with Crippen LogP contribution >= 0.6 is 0 Å². The maximum Gasteiger partial charge on any atom is 0.119 e. The van der Waals surface area contributed by atoms with Gasteiger partial charge >= 0.3 is 0 Å². The minimum absolute atomic E-state index is 0.227. The van der Waals surface area contributed by atoms with Crippen molar-refractivity contribution in [2.45, 2.75) is 52.4 Å². The monoisotopic (exact) mass is 403 g/mol. The maximum atomic E-state index is 6.00. The van der Waals surface area contributed by atoms with Crippen LogP contribution in [0.25, 0.3) is 11.3 Å². The molecule has 0 bridgehead atoms. The molecule has 1 saturated heterocycles. The lowest BCUT2D eigenvalue weighted by molar-refractivity contribution is 0.263. The highest BCUT2D eigenvalue weighted by Crippen LogP contribution is 2.50. The number of fused-ring (bicyclic) bond motifs is 3. The molecule has 2 aromatic rings. The lowest BCUT2D eigenvalue weighted by Gasteiger charge is -2.38. The van der Waals surface area contributed by atoms with Crippen LogP contribution < -0.4 is 4.74 Å². The van der Waals surface area contributed by atoms with Gasteiger partial charge in [0, 0.05) is 12.1 Å². The first-order valence-electron chi connectivity index (χ1n) is 11.6. The molecule has 158 valence electrons. The zero-order valence-corrected chi connectivity index (χ0v) is 18.4. The second kappa shape index (κ2) is 8.07. The largest absolute Gasteiger partial charge is 0.494 e. The van der Waals surface area contributed by atoms with Crippen LogP contribution in [0.2, 0.25) is 0 Å². The number of allylic oxidation sites excluding steroid dienone is 4. The number of ether oxygens (including phenoxy) is 1. The third-order valence-corrected chi connectivity index (χ3v) is 7.15. The van der Waals surface area contributed by atoms with E-state index in [4.69, 9.17) is 9.84 Å². The summed E-state index contributed by atoms with van der Waals surface area (Å²) < 4.78 is 8.16. The summed E-state index contributed by atoms with van der Waals surface area (Å²) >= 11 is 0. The summed E-state index contributed by atoms with van der Waals surface area (Å²) in [6.07, 6.45) is 14.0. The molecule has 1 aromatic carbocycles. The summed E-state index contributed by atoms with van der Waals surface area (Å²) in [7, 11) is 0. The van der Waals surface area contributed by atoms with Gasteiger partial charge in [0.25, 0.3) is 0 Å². The minimum Gasteiger partial charge on any atom is -0.494 e. The summed E-state index contributed by atoms with van der Waals surface area (Å²) in [6, 6.07) is 8.47. The van der Waals surface area contributed by atoms with E-state index in [9.17, 15) is 0 Å². The Morgan fingerprint density at radius 1 is 1.13 bits per heavy atom. The Hall–Kier alpha value is -2.33. The lowest BCUT2D eigenvalue weighted by atomic mass is 9.67. The average Bonchev–Trinajstić information content (AvgIpc) is 3.39. The normalized spacial score (nSPS) is 23.2. The second-order valence-electron chi connectivity index (χ2n) is 9.34. The van der Waals surface area contributed by atoms with E-state index in [1.54, 1.807) is 0 Å². The first-order valence-corrected chi connectivity index (χ1v) is 11.6. The molecule has 4 heteroatoms. The number of rotatable bonds is 6. The van der Waals surface area contributed by atoms with Crippen LogP contribution in [0, 0.1) is 12.3 Å². The number of nitrogens with zero attached hydrogens (tertiary/aromatic N) is 3. The van der Waals surface area contributed by atoms with E-state index in [0.717, 1.165) is 49.5 Å². The van der Waals surface area contributed by atoms with Crippen molar-refractivity contribution in [2.24, 2.45) is 5.41 Å². The number of hydrogen-bond acceptors (Lipinski definition) is 3. The van der Waals surface area contributed by atoms with Gasteiger partial charge in [-0.1, -0.05) is 25.2 Å². The van der Waals surface area contributed by atoms with E-state index < -0.39 is 0 Å². The van der Waals surface area contributed by atoms with Gasteiger partial charge in [-0.05, 0) is 93.8 Å². The fraction of sp³-hybridized carbons (Fsp3) is 0.500. The third kappa shape index (κ3) is 3.62. The number of benzene rings is 1. The Bertz CT molecular complexity index is 963. The molecule has 1 atom stereocenters. The van der Waals surface area contributed by atoms with Gasteiger partial charge in [0.15, 0.2) is 0 Å². The predicted octanol–water partition coefficient (Wildman–Crippen LogP) is 5.34. The first-order chi connectivity index (χ1) is 14.6. The van der Waals surface area contributed by atoms with Gasteiger partial charge in [0.05, 0.1) is 23.7 Å². The summed E-state index contributed by atoms with van der Waals surface area (Å²) in [5.74, 6) is 0.947. The number of likely N-dealkylation sites (tertiary alicyclic amines) is 1. The molecule has 1 unspecified atom stereocenters. The standard InChI is InChI=1S/C26H33N3O/c1-20-23-13-15-26(2)14-4-3-8-24(26)25(23)29(27-20)21-9-11-22(12-10-21)30-19-7-18-28-16-5-6-17-28/h3-4,8-12H,5-7,13-19H2,1-2H3. The van der Waals surface area contributed by atoms with Crippen LogP contribution in [0.15, 0.2) is 42.5 Å². The van der Waals surface area contributed by atoms with E-state index in [1.165, 1.54) is 49.2 Å². The molecule has 0 spiro atoms. The second-order valence-corrected chi connectivity index (χ2v) is 9.34. The van der Waals surface area contributed by atoms with Crippen LogP contribution in [0.5, 0.6) is 5.75 Å². The molecule has 5 rings (SSSR count). The van der Waals surface area contributed by atoms with Crippen LogP contribution in [0.1, 0.15) is 56.0 Å². The van der Waals surface area contributed by atoms with Crippen molar-refractivity contribution < 1.29 is 4.74 Å². The van der Waals surface area contributed by atoms with E-state index >= 15 is 0 Å². The molecule has 30 heavy (non-hydrogen) atoms. The van der Waals surface area contributed by atoms with Crippen molar-refractivity contribution >= 4 is 5.57 Å². The topological polar surface area (TPSA) is 30.3 Å². The van der Waals surface area contributed by atoms with Gasteiger partial charge in [0.2, 0.25) is 0 Å². The molecule has 0 radical (unpaired) electrons. The van der Waals surface area contributed by atoms with Gasteiger partial charge in [0.1, 0.15) is 5.75 Å². The van der Waals surface area contributed by atoms with Gasteiger partial charge in [-0.25, -0.2) is 4.68 Å². The SMILES string of the molecule is Cc1nn(-c2ccc(OCCCN3CCCC3)cc2)c2c1CCC1(C)CC=CC=C21. The molecule has 2 heterocycles. The number of aromatic nitrogens is 2. The summed E-state index contributed by atoms with van der Waals surface area (Å²) in [5.41, 5.74) is 6.66. The highest BCUT2D eigenvalue weighted by Gasteiger charge is 2.38. The van der Waals surface area contributed by atoms with Gasteiger partial charge < -0.3 is 9.64 Å². The van der Waals surface area contributed by atoms with E-state index in [-0.39, 0.29) is 5.41 Å². The average molecular weight is 404 g/mol. The van der Waals surface area contributed by atoms with Crippen LogP contribution in [-0.2, 0) is 6.42 Å². The first kappa shape index (κ1) is 19.6. The molecule has 3 aliphatic rings. The molecule has 1 aromatic heterocycles. The Balaban J connectivity index is 1.32. The molecular weight excluding hydrogens is 370 g/mol. The van der Waals surface area contributed by atoms with Crippen molar-refractivity contribution in [2.75, 3.05) is 26.2 Å². The molecule has 1 fully saturated rings. The van der Waals surface area contributed by atoms with Crippen molar-refractivity contribution in [3.05, 3.63) is 59.4 Å². The van der Waals surface area contributed by atoms with Crippen LogP contribution in [0.3, 0.4) is 0 Å². The van der Waals surface area contributed by atoms with Crippen LogP contribution in [-0.4, -0.2) is 40.9 Å². The number of hydrogen-bond donors (Lipinski definition) is 0. The fourth-order valence-electron chi connectivity index (χ4n) is 5.30. The molecular formula is C26H33N3O. The lowest BCUT2D eigenvalue weighted by Crippen LogP contribution is -2.26. The highest BCUT2D eigenvalue weighted by molar-refractivity contribution is 5.76. The smallest absolute Gasteiger partial charge is 0.119 e. The Labute approximate surface area is 180 Å². The Morgan fingerprint density at radius 2 is 1.93 bits per heavy atom. The zero-order chi connectivity index (χ0) is 20.6. The minimum atomic E-state index is 0.227. The summed E-state index contributed by atoms with van der Waals surface area (Å²) in [5, 5.41) is 4.94. The number of aryl methyl sites for hydroxylation is 1. The van der Waals surface area contributed by atoms with E-state index in [2.05, 4.69) is 65.9 Å². The third-order valence-electron chi connectivity index (χ3n) is 7.15. The van der Waals surface area contributed by atoms with E-state index in [1.807, 2.05) is 0 Å². The quantitative estimate of drug-likeness (QED) is 0.610. The predicted molar refractivity (Wildman–Crippen MR) is 122 cm³/mol. The molecule has 0 saturated carbocycles. The van der Waals surface area contributed by atoms with E-state index in [0.29, 0.717) is 0 Å². The Kier molecular flexibility index (Phi) is 5.28. The van der Waals surface area contributed by atoms with Crippen molar-refractivity contribution in [3.63, 3.8) is 0 Å². The van der Waals surface area contributed by atoms with Gasteiger partial charge in [-0.2, -0.15) is 5.10 Å². The van der Waals surface area contributed by atoms with Crippen molar-refractivity contribution in [3.8, 4) is 11.4 Å². The highest BCUT2D eigenvalue weighted by atomic mass is 16.5. The van der Waals surface area contributed by atoms with Gasteiger partial charge in [-0.15, -0.1) is 0 Å². The molecule has 2 aliphatic carbocycles. The van der Waals surface area contributed by atoms with Crippen molar-refractivity contribution in [1.29, 1.82) is 0 Å². The molecule has 4 nitrogen and oxygen atoms in total. The summed E-state index contributed by atoms with van der Waals surface area (Å²) in [4.78, 5) is 2.54. The molecule has 0 N–H and O–H groups in total. The maximum absolute atomic E-state index is 6.00.